The highest BCUT2D eigenvalue weighted by Crippen LogP contribution is 2.20. The lowest BCUT2D eigenvalue weighted by Gasteiger charge is -2.07. The molecule has 1 heterocycles. The minimum Gasteiger partial charge on any atom is -0.607 e. The molecule has 0 saturated heterocycles. The van der Waals surface area contributed by atoms with Crippen molar-refractivity contribution in [3.63, 3.8) is 0 Å². The first-order valence-electron chi connectivity index (χ1n) is 3.47. The van der Waals surface area contributed by atoms with E-state index in [0.717, 1.165) is 4.47 Å². The second kappa shape index (κ2) is 4.76. The highest BCUT2D eigenvalue weighted by Gasteiger charge is 2.14. The predicted molar refractivity (Wildman–Crippen MR) is 54.5 cm³/mol. The third kappa shape index (κ3) is 2.54. The van der Waals surface area contributed by atoms with Gasteiger partial charge in [0.15, 0.2) is 4.90 Å². The molecule has 1 aromatic heterocycles. The van der Waals surface area contributed by atoms with Crippen molar-refractivity contribution in [1.29, 1.82) is 0 Å². The molecule has 1 N–H and O–H groups in total. The van der Waals surface area contributed by atoms with E-state index in [9.17, 15) is 4.55 Å². The van der Waals surface area contributed by atoms with Crippen LogP contribution < -0.4 is 0 Å². The number of aliphatic hydroxyl groups excluding tert-OH is 1. The molecule has 70 valence electrons. The van der Waals surface area contributed by atoms with Gasteiger partial charge in [-0.3, -0.25) is 4.98 Å². The van der Waals surface area contributed by atoms with Gasteiger partial charge >= 0.3 is 0 Å². The summed E-state index contributed by atoms with van der Waals surface area (Å²) in [5.41, 5.74) is 0.418. The molecule has 0 saturated carbocycles. The number of hydrogen-bond donors (Lipinski definition) is 1. The standard InChI is InChI=1S/C8H8BrNO2S/c1-2-13(12)8-3-6(9)4-10-7(8)5-11/h2-4,11H,1,5H2. The van der Waals surface area contributed by atoms with E-state index < -0.39 is 11.2 Å². The molecule has 0 aliphatic carbocycles. The average Bonchev–Trinajstić information content (AvgIpc) is 2.16. The lowest BCUT2D eigenvalue weighted by Crippen LogP contribution is -2.03. The fraction of sp³-hybridized carbons (Fsp3) is 0.125. The molecular formula is C8H8BrNO2S. The van der Waals surface area contributed by atoms with Crippen LogP contribution in [-0.2, 0) is 17.8 Å². The molecule has 13 heavy (non-hydrogen) atoms. The maximum Gasteiger partial charge on any atom is 0.182 e. The molecule has 0 spiro atoms. The molecular weight excluding hydrogens is 254 g/mol. The van der Waals surface area contributed by atoms with Gasteiger partial charge in [-0.1, -0.05) is 6.58 Å². The van der Waals surface area contributed by atoms with Crippen LogP contribution in [0, 0.1) is 0 Å². The van der Waals surface area contributed by atoms with Crippen LogP contribution in [0.15, 0.2) is 33.6 Å². The molecule has 0 radical (unpaired) electrons. The molecule has 0 aliphatic heterocycles. The Balaban J connectivity index is 3.14. The van der Waals surface area contributed by atoms with Crippen LogP contribution in [0.4, 0.5) is 0 Å². The van der Waals surface area contributed by atoms with Gasteiger partial charge in [0.25, 0.3) is 0 Å². The van der Waals surface area contributed by atoms with Gasteiger partial charge in [0.05, 0.1) is 6.61 Å². The van der Waals surface area contributed by atoms with Gasteiger partial charge in [0.1, 0.15) is 11.1 Å². The highest BCUT2D eigenvalue weighted by molar-refractivity contribution is 9.10. The zero-order valence-electron chi connectivity index (χ0n) is 6.74. The van der Waals surface area contributed by atoms with Gasteiger partial charge in [-0.05, 0) is 15.9 Å². The van der Waals surface area contributed by atoms with E-state index in [-0.39, 0.29) is 6.61 Å². The number of hydrogen-bond acceptors (Lipinski definition) is 3. The Morgan fingerprint density at radius 3 is 3.00 bits per heavy atom. The molecule has 1 aromatic rings. The van der Waals surface area contributed by atoms with Crippen molar-refractivity contribution in [3.8, 4) is 0 Å². The van der Waals surface area contributed by atoms with Crippen LogP contribution in [0.5, 0.6) is 0 Å². The summed E-state index contributed by atoms with van der Waals surface area (Å²) in [7, 11) is 0. The monoisotopic (exact) mass is 261 g/mol. The fourth-order valence-electron chi connectivity index (χ4n) is 0.832. The lowest BCUT2D eigenvalue weighted by atomic mass is 10.4. The van der Waals surface area contributed by atoms with Gasteiger partial charge < -0.3 is 9.66 Å². The van der Waals surface area contributed by atoms with Crippen molar-refractivity contribution in [2.75, 3.05) is 0 Å². The molecule has 0 fully saturated rings. The number of pyridine rings is 1. The Hall–Kier alpha value is -0.360. The van der Waals surface area contributed by atoms with Gasteiger partial charge in [-0.2, -0.15) is 0 Å². The Morgan fingerprint density at radius 1 is 1.77 bits per heavy atom. The Bertz CT molecular complexity index is 319. The van der Waals surface area contributed by atoms with E-state index in [1.165, 1.54) is 5.41 Å². The summed E-state index contributed by atoms with van der Waals surface area (Å²) in [6.07, 6.45) is 1.55. The van der Waals surface area contributed by atoms with Gasteiger partial charge in [-0.25, -0.2) is 0 Å². The molecule has 0 aliphatic rings. The zero-order chi connectivity index (χ0) is 9.84. The predicted octanol–water partition coefficient (Wildman–Crippen LogP) is 1.59. The largest absolute Gasteiger partial charge is 0.607 e. The zero-order valence-corrected chi connectivity index (χ0v) is 9.14. The molecule has 1 unspecified atom stereocenters. The van der Waals surface area contributed by atoms with E-state index in [4.69, 9.17) is 5.11 Å². The van der Waals surface area contributed by atoms with Crippen LogP contribution in [0.25, 0.3) is 0 Å². The third-order valence-corrected chi connectivity index (χ3v) is 2.94. The quantitative estimate of drug-likeness (QED) is 0.841. The van der Waals surface area contributed by atoms with Crippen LogP contribution in [0.3, 0.4) is 0 Å². The maximum absolute atomic E-state index is 11.4. The molecule has 5 heteroatoms. The summed E-state index contributed by atoms with van der Waals surface area (Å²) in [6.45, 7) is 3.20. The van der Waals surface area contributed by atoms with Gasteiger partial charge in [0.2, 0.25) is 0 Å². The highest BCUT2D eigenvalue weighted by atomic mass is 79.9. The summed E-state index contributed by atoms with van der Waals surface area (Å²) >= 11 is 1.91. The third-order valence-electron chi connectivity index (χ3n) is 1.42. The van der Waals surface area contributed by atoms with E-state index in [0.29, 0.717) is 10.6 Å². The molecule has 0 aromatic carbocycles. The summed E-state index contributed by atoms with van der Waals surface area (Å²) in [5.74, 6) is 0. The Morgan fingerprint density at radius 2 is 2.46 bits per heavy atom. The molecule has 3 nitrogen and oxygen atoms in total. The number of aromatic nitrogens is 1. The number of aliphatic hydroxyl groups is 1. The average molecular weight is 262 g/mol. The SMILES string of the molecule is C=C[S+]([O-])c1cc(Br)cnc1CO. The number of rotatable bonds is 3. The summed E-state index contributed by atoms with van der Waals surface area (Å²) in [5, 5.41) is 10.2. The van der Waals surface area contributed by atoms with Crippen LogP contribution in [0.1, 0.15) is 5.69 Å². The Kier molecular flexibility index (Phi) is 3.92. The second-order valence-corrected chi connectivity index (χ2v) is 4.50. The second-order valence-electron chi connectivity index (χ2n) is 2.22. The van der Waals surface area contributed by atoms with Crippen molar-refractivity contribution in [3.05, 3.63) is 34.4 Å². The topological polar surface area (TPSA) is 56.2 Å². The summed E-state index contributed by atoms with van der Waals surface area (Å²) in [6, 6.07) is 1.66. The smallest absolute Gasteiger partial charge is 0.182 e. The number of nitrogens with zero attached hydrogens (tertiary/aromatic N) is 1. The van der Waals surface area contributed by atoms with Crippen LogP contribution >= 0.6 is 15.9 Å². The van der Waals surface area contributed by atoms with Gasteiger partial charge in [-0.15, -0.1) is 0 Å². The van der Waals surface area contributed by atoms with Crippen LogP contribution in [0.2, 0.25) is 0 Å². The van der Waals surface area contributed by atoms with Crippen molar-refractivity contribution >= 4 is 27.1 Å². The molecule has 1 atom stereocenters. The van der Waals surface area contributed by atoms with Crippen molar-refractivity contribution in [2.24, 2.45) is 0 Å². The van der Waals surface area contributed by atoms with E-state index in [2.05, 4.69) is 27.5 Å². The first-order valence-corrected chi connectivity index (χ1v) is 5.48. The van der Waals surface area contributed by atoms with Crippen molar-refractivity contribution < 1.29 is 9.66 Å². The fourth-order valence-corrected chi connectivity index (χ4v) is 2.09. The lowest BCUT2D eigenvalue weighted by molar-refractivity contribution is 0.273. The Labute approximate surface area is 87.8 Å². The van der Waals surface area contributed by atoms with E-state index in [1.807, 2.05) is 0 Å². The number of halogens is 1. The molecule has 0 amide bonds. The first-order chi connectivity index (χ1) is 6.19. The molecule has 1 rings (SSSR count). The summed E-state index contributed by atoms with van der Waals surface area (Å²) in [4.78, 5) is 4.42. The van der Waals surface area contributed by atoms with E-state index in [1.54, 1.807) is 12.3 Å². The summed E-state index contributed by atoms with van der Waals surface area (Å²) < 4.78 is 12.1. The maximum atomic E-state index is 11.4. The van der Waals surface area contributed by atoms with Crippen molar-refractivity contribution in [1.82, 2.24) is 4.98 Å². The first kappa shape index (κ1) is 10.7. The minimum absolute atomic E-state index is 0.220. The van der Waals surface area contributed by atoms with Crippen molar-refractivity contribution in [2.45, 2.75) is 11.5 Å². The minimum atomic E-state index is -1.30. The van der Waals surface area contributed by atoms with E-state index >= 15 is 0 Å². The van der Waals surface area contributed by atoms with Crippen LogP contribution in [-0.4, -0.2) is 14.6 Å². The molecule has 0 bridgehead atoms. The van der Waals surface area contributed by atoms with Gasteiger partial charge in [0, 0.05) is 27.9 Å². The normalized spacial score (nSPS) is 12.5.